The average Bonchev–Trinajstić information content (AvgIpc) is 2.16. The summed E-state index contributed by atoms with van der Waals surface area (Å²) in [5, 5.41) is 17.1. The number of ketones is 1. The number of carboxylic acid groups (broad SMARTS) is 2. The van der Waals surface area contributed by atoms with Gasteiger partial charge in [-0.3, -0.25) is 14.4 Å². The van der Waals surface area contributed by atoms with Gasteiger partial charge in [0.25, 0.3) is 0 Å². The Labute approximate surface area is 92.4 Å². The molecule has 0 rings (SSSR count). The molecule has 0 unspecified atom stereocenters. The standard InChI is InChI=1S/C9H16N2O5/c10-4-2-1-3-5(11)7(12)6(8(13)14)9(15)16/h5-6H,1-4,10-11H2,(H,13,14)(H,15,16)/t5-/m0/s1. The van der Waals surface area contributed by atoms with Crippen LogP contribution in [0.2, 0.25) is 0 Å². The maximum absolute atomic E-state index is 11.4. The summed E-state index contributed by atoms with van der Waals surface area (Å²) in [7, 11) is 0. The van der Waals surface area contributed by atoms with E-state index in [1.807, 2.05) is 0 Å². The molecule has 7 nitrogen and oxygen atoms in total. The van der Waals surface area contributed by atoms with E-state index in [2.05, 4.69) is 0 Å². The van der Waals surface area contributed by atoms with Crippen LogP contribution in [0.5, 0.6) is 0 Å². The van der Waals surface area contributed by atoms with Gasteiger partial charge in [-0.05, 0) is 19.4 Å². The van der Waals surface area contributed by atoms with Crippen LogP contribution < -0.4 is 11.5 Å². The molecule has 0 spiro atoms. The van der Waals surface area contributed by atoms with Crippen LogP contribution in [0.1, 0.15) is 19.3 Å². The molecular weight excluding hydrogens is 216 g/mol. The Bertz CT molecular complexity index is 265. The lowest BCUT2D eigenvalue weighted by molar-refractivity contribution is -0.158. The van der Waals surface area contributed by atoms with Crippen molar-refractivity contribution in [2.24, 2.45) is 17.4 Å². The molecule has 0 aliphatic heterocycles. The summed E-state index contributed by atoms with van der Waals surface area (Å²) < 4.78 is 0. The summed E-state index contributed by atoms with van der Waals surface area (Å²) >= 11 is 0. The molecule has 0 aromatic heterocycles. The number of rotatable bonds is 8. The van der Waals surface area contributed by atoms with E-state index in [0.717, 1.165) is 0 Å². The molecule has 0 heterocycles. The maximum Gasteiger partial charge on any atom is 0.325 e. The van der Waals surface area contributed by atoms with E-state index in [9.17, 15) is 14.4 Å². The van der Waals surface area contributed by atoms with E-state index < -0.39 is 29.7 Å². The smallest absolute Gasteiger partial charge is 0.325 e. The minimum absolute atomic E-state index is 0.243. The van der Waals surface area contributed by atoms with Gasteiger partial charge in [-0.25, -0.2) is 0 Å². The van der Waals surface area contributed by atoms with Crippen molar-refractivity contribution >= 4 is 17.7 Å². The Hall–Kier alpha value is -1.47. The first-order valence-electron chi connectivity index (χ1n) is 4.86. The zero-order chi connectivity index (χ0) is 12.7. The Morgan fingerprint density at radius 3 is 1.94 bits per heavy atom. The van der Waals surface area contributed by atoms with Gasteiger partial charge >= 0.3 is 11.9 Å². The lowest BCUT2D eigenvalue weighted by atomic mass is 9.95. The fraction of sp³-hybridized carbons (Fsp3) is 0.667. The summed E-state index contributed by atoms with van der Waals surface area (Å²) in [5.74, 6) is -6.43. The number of hydrogen-bond donors (Lipinski definition) is 4. The van der Waals surface area contributed by atoms with Crippen molar-refractivity contribution in [2.45, 2.75) is 25.3 Å². The van der Waals surface area contributed by atoms with Crippen LogP contribution in [0.3, 0.4) is 0 Å². The third-order valence-electron chi connectivity index (χ3n) is 2.11. The first kappa shape index (κ1) is 14.5. The molecule has 1 atom stereocenters. The lowest BCUT2D eigenvalue weighted by Crippen LogP contribution is -2.42. The van der Waals surface area contributed by atoms with E-state index in [1.165, 1.54) is 0 Å². The summed E-state index contributed by atoms with van der Waals surface area (Å²) in [5.41, 5.74) is 10.7. The van der Waals surface area contributed by atoms with Crippen molar-refractivity contribution in [2.75, 3.05) is 6.54 Å². The van der Waals surface area contributed by atoms with Gasteiger partial charge < -0.3 is 21.7 Å². The number of carbonyl (C=O) groups excluding carboxylic acids is 1. The highest BCUT2D eigenvalue weighted by atomic mass is 16.4. The molecule has 0 bridgehead atoms. The van der Waals surface area contributed by atoms with Crippen molar-refractivity contribution in [3.63, 3.8) is 0 Å². The Morgan fingerprint density at radius 2 is 1.56 bits per heavy atom. The highest BCUT2D eigenvalue weighted by molar-refractivity contribution is 6.15. The third kappa shape index (κ3) is 4.37. The zero-order valence-corrected chi connectivity index (χ0v) is 8.76. The second-order valence-electron chi connectivity index (χ2n) is 3.40. The number of aliphatic carboxylic acids is 2. The predicted molar refractivity (Wildman–Crippen MR) is 54.6 cm³/mol. The van der Waals surface area contributed by atoms with Gasteiger partial charge in [0.05, 0.1) is 6.04 Å². The van der Waals surface area contributed by atoms with Crippen molar-refractivity contribution < 1.29 is 24.6 Å². The van der Waals surface area contributed by atoms with Crippen LogP contribution in [0.15, 0.2) is 0 Å². The summed E-state index contributed by atoms with van der Waals surface area (Å²) in [6.45, 7) is 0.447. The van der Waals surface area contributed by atoms with Gasteiger partial charge in [-0.15, -0.1) is 0 Å². The van der Waals surface area contributed by atoms with Crippen molar-refractivity contribution in [3.05, 3.63) is 0 Å². The molecule has 0 aliphatic rings. The topological polar surface area (TPSA) is 144 Å². The van der Waals surface area contributed by atoms with Crippen LogP contribution in [-0.2, 0) is 14.4 Å². The Kier molecular flexibility index (Phi) is 6.28. The molecule has 16 heavy (non-hydrogen) atoms. The SMILES string of the molecule is NCCCC[C@H](N)C(=O)C(C(=O)O)C(=O)O. The van der Waals surface area contributed by atoms with Gasteiger partial charge in [0, 0.05) is 0 Å². The van der Waals surface area contributed by atoms with Gasteiger partial charge in [0.2, 0.25) is 5.92 Å². The second-order valence-corrected chi connectivity index (χ2v) is 3.40. The van der Waals surface area contributed by atoms with Crippen molar-refractivity contribution in [1.29, 1.82) is 0 Å². The highest BCUT2D eigenvalue weighted by Crippen LogP contribution is 2.07. The van der Waals surface area contributed by atoms with Crippen LogP contribution >= 0.6 is 0 Å². The number of unbranched alkanes of at least 4 members (excludes halogenated alkanes) is 1. The molecule has 92 valence electrons. The number of carbonyl (C=O) groups is 3. The molecule has 0 aromatic carbocycles. The molecular formula is C9H16N2O5. The molecule has 0 saturated heterocycles. The Balaban J connectivity index is 4.38. The van der Waals surface area contributed by atoms with E-state index in [4.69, 9.17) is 21.7 Å². The van der Waals surface area contributed by atoms with E-state index in [0.29, 0.717) is 19.4 Å². The fourth-order valence-corrected chi connectivity index (χ4v) is 1.21. The quantitative estimate of drug-likeness (QED) is 0.304. The molecule has 6 N–H and O–H groups in total. The summed E-state index contributed by atoms with van der Waals surface area (Å²) in [6.07, 6.45) is 1.47. The number of nitrogens with two attached hydrogens (primary N) is 2. The van der Waals surface area contributed by atoms with Gasteiger partial charge in [0.15, 0.2) is 5.78 Å². The molecule has 0 aliphatic carbocycles. The van der Waals surface area contributed by atoms with Crippen LogP contribution in [0.25, 0.3) is 0 Å². The molecule has 0 aromatic rings. The lowest BCUT2D eigenvalue weighted by Gasteiger charge is -2.13. The first-order chi connectivity index (χ1) is 7.41. The minimum Gasteiger partial charge on any atom is -0.480 e. The maximum atomic E-state index is 11.4. The summed E-state index contributed by atoms with van der Waals surface area (Å²) in [4.78, 5) is 32.5. The third-order valence-corrected chi connectivity index (χ3v) is 2.11. The van der Waals surface area contributed by atoms with Crippen LogP contribution in [-0.4, -0.2) is 40.5 Å². The second kappa shape index (κ2) is 6.91. The van der Waals surface area contributed by atoms with Crippen molar-refractivity contribution in [1.82, 2.24) is 0 Å². The molecule has 0 amide bonds. The minimum atomic E-state index is -2.08. The predicted octanol–water partition coefficient (Wildman–Crippen LogP) is -1.20. The van der Waals surface area contributed by atoms with Gasteiger partial charge in [-0.1, -0.05) is 6.42 Å². The molecule has 0 saturated carbocycles. The molecule has 7 heteroatoms. The monoisotopic (exact) mass is 232 g/mol. The normalized spacial score (nSPS) is 12.4. The molecule has 0 fully saturated rings. The largest absolute Gasteiger partial charge is 0.480 e. The average molecular weight is 232 g/mol. The van der Waals surface area contributed by atoms with E-state index >= 15 is 0 Å². The number of carboxylic acids is 2. The van der Waals surface area contributed by atoms with Crippen LogP contribution in [0.4, 0.5) is 0 Å². The van der Waals surface area contributed by atoms with E-state index in [1.54, 1.807) is 0 Å². The van der Waals surface area contributed by atoms with E-state index in [-0.39, 0.29) is 6.42 Å². The van der Waals surface area contributed by atoms with Gasteiger partial charge in [0.1, 0.15) is 0 Å². The van der Waals surface area contributed by atoms with Crippen LogP contribution in [0, 0.1) is 5.92 Å². The number of hydrogen-bond acceptors (Lipinski definition) is 5. The Morgan fingerprint density at radius 1 is 1.06 bits per heavy atom. The highest BCUT2D eigenvalue weighted by Gasteiger charge is 2.36. The zero-order valence-electron chi connectivity index (χ0n) is 8.76. The summed E-state index contributed by atoms with van der Waals surface area (Å²) in [6, 6.07) is -1.07. The van der Waals surface area contributed by atoms with Crippen molar-refractivity contribution in [3.8, 4) is 0 Å². The molecule has 0 radical (unpaired) electrons. The first-order valence-corrected chi connectivity index (χ1v) is 4.86. The van der Waals surface area contributed by atoms with Gasteiger partial charge in [-0.2, -0.15) is 0 Å². The number of Topliss-reactive ketones (excluding diaryl/α,β-unsaturated/α-hetero) is 1. The fourth-order valence-electron chi connectivity index (χ4n) is 1.21.